The Morgan fingerprint density at radius 1 is 0.867 bits per heavy atom. The van der Waals surface area contributed by atoms with Crippen LogP contribution in [0.5, 0.6) is 0 Å². The van der Waals surface area contributed by atoms with Crippen LogP contribution in [0.4, 0.5) is 5.69 Å². The van der Waals surface area contributed by atoms with Gasteiger partial charge in [0.05, 0.1) is 11.3 Å². The highest BCUT2D eigenvalue weighted by Gasteiger charge is 2.24. The van der Waals surface area contributed by atoms with Crippen molar-refractivity contribution in [2.45, 2.75) is 6.92 Å². The normalized spacial score (nSPS) is 14.3. The minimum atomic E-state index is -0.00799. The minimum absolute atomic E-state index is 0.00799. The fourth-order valence-corrected chi connectivity index (χ4v) is 3.80. The molecule has 0 spiro atoms. The molecule has 0 N–H and O–H groups in total. The fraction of sp³-hybridized carbons (Fsp3) is 0.217. The lowest BCUT2D eigenvalue weighted by molar-refractivity contribution is 0.0745. The smallest absolute Gasteiger partial charge is 0.257 e. The number of amides is 1. The number of aromatic nitrogens is 4. The Labute approximate surface area is 174 Å². The van der Waals surface area contributed by atoms with Crippen molar-refractivity contribution in [1.82, 2.24) is 24.5 Å². The van der Waals surface area contributed by atoms with Gasteiger partial charge in [0, 0.05) is 43.6 Å². The van der Waals surface area contributed by atoms with Crippen LogP contribution in [0.15, 0.2) is 66.9 Å². The van der Waals surface area contributed by atoms with E-state index in [1.54, 1.807) is 10.7 Å². The van der Waals surface area contributed by atoms with Crippen LogP contribution in [-0.2, 0) is 0 Å². The third-order valence-corrected chi connectivity index (χ3v) is 5.47. The topological polar surface area (TPSA) is 66.6 Å². The molecule has 5 rings (SSSR count). The Hall–Kier alpha value is -3.74. The summed E-state index contributed by atoms with van der Waals surface area (Å²) in [5, 5.41) is 4.53. The predicted octanol–water partition coefficient (Wildman–Crippen LogP) is 3.06. The third kappa shape index (κ3) is 3.39. The number of benzene rings is 2. The third-order valence-electron chi connectivity index (χ3n) is 5.47. The van der Waals surface area contributed by atoms with Gasteiger partial charge in [0.25, 0.3) is 11.7 Å². The van der Waals surface area contributed by atoms with Gasteiger partial charge in [-0.15, -0.1) is 5.10 Å². The summed E-state index contributed by atoms with van der Waals surface area (Å²) in [6.45, 7) is 4.83. The van der Waals surface area contributed by atoms with Gasteiger partial charge in [0.2, 0.25) is 0 Å². The number of nitrogens with zero attached hydrogens (tertiary/aromatic N) is 6. The summed E-state index contributed by atoms with van der Waals surface area (Å²) < 4.78 is 1.60. The molecule has 4 aromatic rings. The second-order valence-electron chi connectivity index (χ2n) is 7.40. The molecule has 150 valence electrons. The van der Waals surface area contributed by atoms with Crippen LogP contribution in [0.25, 0.3) is 17.2 Å². The van der Waals surface area contributed by atoms with Gasteiger partial charge in [0.15, 0.2) is 5.82 Å². The summed E-state index contributed by atoms with van der Waals surface area (Å²) in [6.07, 6.45) is 1.75. The summed E-state index contributed by atoms with van der Waals surface area (Å²) in [7, 11) is 0. The van der Waals surface area contributed by atoms with E-state index in [2.05, 4.69) is 32.1 Å². The summed E-state index contributed by atoms with van der Waals surface area (Å²) in [5.74, 6) is 1.09. The molecular formula is C23H22N6O. The maximum absolute atomic E-state index is 13.2. The van der Waals surface area contributed by atoms with E-state index < -0.39 is 0 Å². The molecule has 30 heavy (non-hydrogen) atoms. The number of hydrogen-bond donors (Lipinski definition) is 0. The lowest BCUT2D eigenvalue weighted by Gasteiger charge is -2.36. The van der Waals surface area contributed by atoms with Gasteiger partial charge < -0.3 is 9.80 Å². The number of carbonyl (C=O) groups excluding carboxylic acids is 1. The molecule has 7 heteroatoms. The van der Waals surface area contributed by atoms with Crippen LogP contribution < -0.4 is 4.90 Å². The van der Waals surface area contributed by atoms with E-state index in [-0.39, 0.29) is 5.91 Å². The van der Waals surface area contributed by atoms with E-state index in [0.29, 0.717) is 35.9 Å². The molecule has 0 bridgehead atoms. The number of anilines is 1. The number of rotatable bonds is 3. The number of hydrogen-bond acceptors (Lipinski definition) is 5. The molecule has 0 saturated carbocycles. The maximum atomic E-state index is 13.2. The molecular weight excluding hydrogens is 376 g/mol. The highest BCUT2D eigenvalue weighted by atomic mass is 16.2. The molecule has 1 saturated heterocycles. The largest absolute Gasteiger partial charge is 0.368 e. The zero-order valence-electron chi connectivity index (χ0n) is 16.8. The zero-order valence-corrected chi connectivity index (χ0v) is 16.8. The Bertz CT molecular complexity index is 1180. The molecule has 7 nitrogen and oxygen atoms in total. The van der Waals surface area contributed by atoms with Crippen LogP contribution in [0, 0.1) is 6.92 Å². The first-order valence-electron chi connectivity index (χ1n) is 10.1. The molecule has 3 heterocycles. The molecule has 2 aromatic carbocycles. The Morgan fingerprint density at radius 3 is 2.23 bits per heavy atom. The van der Waals surface area contributed by atoms with Crippen LogP contribution in [0.2, 0.25) is 0 Å². The number of aryl methyl sites for hydroxylation is 1. The van der Waals surface area contributed by atoms with Crippen molar-refractivity contribution < 1.29 is 4.79 Å². The predicted molar refractivity (Wildman–Crippen MR) is 116 cm³/mol. The lowest BCUT2D eigenvalue weighted by Crippen LogP contribution is -2.49. The number of para-hydroxylation sites is 1. The van der Waals surface area contributed by atoms with Crippen LogP contribution in [0.3, 0.4) is 0 Å². The van der Waals surface area contributed by atoms with Crippen LogP contribution in [0.1, 0.15) is 16.1 Å². The first-order valence-corrected chi connectivity index (χ1v) is 10.1. The highest BCUT2D eigenvalue weighted by molar-refractivity contribution is 5.95. The van der Waals surface area contributed by atoms with Gasteiger partial charge in [0.1, 0.15) is 0 Å². The van der Waals surface area contributed by atoms with Gasteiger partial charge in [-0.05, 0) is 19.1 Å². The van der Waals surface area contributed by atoms with Crippen LogP contribution in [-0.4, -0.2) is 56.6 Å². The minimum Gasteiger partial charge on any atom is -0.368 e. The first-order chi connectivity index (χ1) is 14.7. The molecule has 0 radical (unpaired) electrons. The van der Waals surface area contributed by atoms with Gasteiger partial charge >= 0.3 is 0 Å². The van der Waals surface area contributed by atoms with Crippen molar-refractivity contribution >= 4 is 17.4 Å². The standard InChI is InChI=1S/C23H22N6O/c1-17-20(16-29-23(24-17)25-21(26-29)18-8-4-2-5-9-18)22(30)28-14-12-27(13-15-28)19-10-6-3-7-11-19/h2-11,16H,12-15H2,1H3. The van der Waals surface area contributed by atoms with E-state index in [9.17, 15) is 4.79 Å². The zero-order chi connectivity index (χ0) is 20.5. The average molecular weight is 398 g/mol. The summed E-state index contributed by atoms with van der Waals surface area (Å²) in [4.78, 5) is 26.4. The number of piperazine rings is 1. The van der Waals surface area contributed by atoms with Gasteiger partial charge in [-0.3, -0.25) is 4.79 Å². The van der Waals surface area contributed by atoms with Crippen molar-refractivity contribution in [1.29, 1.82) is 0 Å². The molecule has 0 unspecified atom stereocenters. The number of carbonyl (C=O) groups is 1. The molecule has 1 fully saturated rings. The fourth-order valence-electron chi connectivity index (χ4n) is 3.80. The highest BCUT2D eigenvalue weighted by Crippen LogP contribution is 2.19. The quantitative estimate of drug-likeness (QED) is 0.531. The Balaban J connectivity index is 1.37. The van der Waals surface area contributed by atoms with E-state index >= 15 is 0 Å². The Morgan fingerprint density at radius 2 is 1.53 bits per heavy atom. The molecule has 0 aliphatic carbocycles. The summed E-state index contributed by atoms with van der Waals surface area (Å²) in [5.41, 5.74) is 3.36. The van der Waals surface area contributed by atoms with Crippen molar-refractivity contribution in [2.75, 3.05) is 31.1 Å². The van der Waals surface area contributed by atoms with Crippen molar-refractivity contribution in [3.8, 4) is 11.4 Å². The molecule has 1 aliphatic heterocycles. The van der Waals surface area contributed by atoms with Crippen molar-refractivity contribution in [2.24, 2.45) is 0 Å². The van der Waals surface area contributed by atoms with Crippen LogP contribution >= 0.6 is 0 Å². The van der Waals surface area contributed by atoms with E-state index in [1.807, 2.05) is 60.4 Å². The number of fused-ring (bicyclic) bond motifs is 1. The summed E-state index contributed by atoms with van der Waals surface area (Å²) >= 11 is 0. The van der Waals surface area contributed by atoms with Crippen molar-refractivity contribution in [3.05, 3.63) is 78.1 Å². The first kappa shape index (κ1) is 18.3. The van der Waals surface area contributed by atoms with Crippen molar-refractivity contribution in [3.63, 3.8) is 0 Å². The monoisotopic (exact) mass is 398 g/mol. The van der Waals surface area contributed by atoms with E-state index in [1.165, 1.54) is 5.69 Å². The summed E-state index contributed by atoms with van der Waals surface area (Å²) in [6, 6.07) is 20.1. The van der Waals surface area contributed by atoms with E-state index in [0.717, 1.165) is 18.7 Å². The SMILES string of the molecule is Cc1nc2nc(-c3ccccc3)nn2cc1C(=O)N1CCN(c2ccccc2)CC1. The van der Waals surface area contributed by atoms with Gasteiger partial charge in [-0.25, -0.2) is 9.50 Å². The molecule has 1 aliphatic rings. The molecule has 1 amide bonds. The van der Waals surface area contributed by atoms with E-state index in [4.69, 9.17) is 0 Å². The molecule has 0 atom stereocenters. The van der Waals surface area contributed by atoms with Gasteiger partial charge in [-0.1, -0.05) is 48.5 Å². The maximum Gasteiger partial charge on any atom is 0.257 e. The Kier molecular flexibility index (Phi) is 4.63. The van der Waals surface area contributed by atoms with Gasteiger partial charge in [-0.2, -0.15) is 4.98 Å². The lowest BCUT2D eigenvalue weighted by atomic mass is 10.2. The second kappa shape index (κ2) is 7.59. The molecule has 2 aromatic heterocycles. The average Bonchev–Trinajstić information content (AvgIpc) is 3.22. The second-order valence-corrected chi connectivity index (χ2v) is 7.40.